The third kappa shape index (κ3) is 4.24. The van der Waals surface area contributed by atoms with Crippen LogP contribution in [-0.2, 0) is 0 Å². The molecule has 8 aliphatic rings. The molecule has 8 bridgehead atoms. The Morgan fingerprint density at radius 3 is 1.13 bits per heavy atom. The molecule has 0 N–H and O–H groups in total. The first-order valence-electron chi connectivity index (χ1n) is 12.9. The van der Waals surface area contributed by atoms with Crippen molar-refractivity contribution < 1.29 is 17.3 Å². The van der Waals surface area contributed by atoms with Crippen molar-refractivity contribution in [2.75, 3.05) is 6.16 Å². The molecule has 0 atom stereocenters. The quantitative estimate of drug-likeness (QED) is 0.227. The minimum atomic E-state index is -6.00. The zero-order valence-corrected chi connectivity index (χ0v) is 19.7. The first-order valence-corrected chi connectivity index (χ1v) is 14.6. The highest BCUT2D eigenvalue weighted by atomic mass is 31.1. The molecule has 0 nitrogen and oxygen atoms in total. The third-order valence-electron chi connectivity index (χ3n) is 10.1. The van der Waals surface area contributed by atoms with Crippen LogP contribution in [0.1, 0.15) is 96.8 Å². The fraction of sp³-hybridized carbons (Fsp3) is 1.00. The molecule has 0 saturated heterocycles. The van der Waals surface area contributed by atoms with Crippen LogP contribution in [0, 0.1) is 35.5 Å². The first kappa shape index (κ1) is 22.0. The van der Waals surface area contributed by atoms with Gasteiger partial charge in [0.2, 0.25) is 0 Å². The fourth-order valence-electron chi connectivity index (χ4n) is 10.4. The zero-order valence-electron chi connectivity index (χ0n) is 18.7. The van der Waals surface area contributed by atoms with E-state index in [1.807, 2.05) is 0 Å². The molecule has 8 aliphatic carbocycles. The van der Waals surface area contributed by atoms with Crippen LogP contribution < -0.4 is 0 Å². The van der Waals surface area contributed by atoms with Crippen molar-refractivity contribution in [1.82, 2.24) is 0 Å². The molecule has 0 aromatic rings. The summed E-state index contributed by atoms with van der Waals surface area (Å²) in [5.41, 5.74) is 0. The number of hydrogen-bond acceptors (Lipinski definition) is 0. The lowest BCUT2D eigenvalue weighted by Crippen LogP contribution is -2.56. The second-order valence-corrected chi connectivity index (χ2v) is 16.1. The number of unbranched alkanes of at least 4 members (excludes halogenated alkanes) is 1. The van der Waals surface area contributed by atoms with Gasteiger partial charge < -0.3 is 17.3 Å². The van der Waals surface area contributed by atoms with Crippen LogP contribution in [0.2, 0.25) is 0 Å². The summed E-state index contributed by atoms with van der Waals surface area (Å²) in [5.74, 6) is 7.01. The summed E-state index contributed by atoms with van der Waals surface area (Å²) in [6.07, 6.45) is 24.8. The number of halogens is 4. The summed E-state index contributed by atoms with van der Waals surface area (Å²) in [5, 5.41) is 1.83. The Bertz CT molecular complexity index is 513. The Labute approximate surface area is 181 Å². The zero-order chi connectivity index (χ0) is 21.1. The molecule has 0 unspecified atom stereocenters. The van der Waals surface area contributed by atoms with Gasteiger partial charge in [-0.15, -0.1) is 0 Å². The van der Waals surface area contributed by atoms with Crippen molar-refractivity contribution in [1.29, 1.82) is 0 Å². The Morgan fingerprint density at radius 1 is 0.633 bits per heavy atom. The Hall–Kier alpha value is 0.215. The van der Waals surface area contributed by atoms with E-state index in [1.165, 1.54) is 41.9 Å². The highest BCUT2D eigenvalue weighted by Gasteiger charge is 2.66. The van der Waals surface area contributed by atoms with Crippen molar-refractivity contribution in [2.24, 2.45) is 35.5 Å². The molecule has 0 spiro atoms. The fourth-order valence-corrected chi connectivity index (χ4v) is 16.5. The molecule has 172 valence electrons. The van der Waals surface area contributed by atoms with Crippen molar-refractivity contribution in [3.63, 3.8) is 0 Å². The molecular weight excluding hydrogens is 406 g/mol. The van der Waals surface area contributed by atoms with Crippen molar-refractivity contribution >= 4 is 15.2 Å². The summed E-state index contributed by atoms with van der Waals surface area (Å²) in [6, 6.07) is 0. The Balaban J connectivity index is 0.000000349. The summed E-state index contributed by atoms with van der Waals surface area (Å²) >= 11 is 0. The Morgan fingerprint density at radius 2 is 0.900 bits per heavy atom. The number of hydrogen-bond donors (Lipinski definition) is 0. The molecule has 0 radical (unpaired) electrons. The highest BCUT2D eigenvalue weighted by Crippen LogP contribution is 2.78. The molecule has 0 amide bonds. The lowest BCUT2D eigenvalue weighted by Gasteiger charge is -2.63. The predicted octanol–water partition coefficient (Wildman–Crippen LogP) is 8.24. The van der Waals surface area contributed by atoms with E-state index in [2.05, 4.69) is 6.92 Å². The molecule has 8 saturated carbocycles. The van der Waals surface area contributed by atoms with Crippen molar-refractivity contribution in [2.45, 2.75) is 107 Å². The smallest absolute Gasteiger partial charge is 0.418 e. The summed E-state index contributed by atoms with van der Waals surface area (Å²) in [7, 11) is -6.20. The van der Waals surface area contributed by atoms with Crippen molar-refractivity contribution in [3.05, 3.63) is 0 Å². The van der Waals surface area contributed by atoms with Gasteiger partial charge in [-0.05, 0) is 119 Å². The molecule has 0 aromatic heterocycles. The normalized spacial score (nSPS) is 49.1. The van der Waals surface area contributed by atoms with Crippen LogP contribution in [0.15, 0.2) is 0 Å². The first-order chi connectivity index (χ1) is 14.2. The van der Waals surface area contributed by atoms with Gasteiger partial charge in [-0.25, -0.2) is 0 Å². The maximum atomic E-state index is 9.75. The summed E-state index contributed by atoms with van der Waals surface area (Å²) in [6.45, 7) is 2.46. The second-order valence-electron chi connectivity index (χ2n) is 12.5. The minimum Gasteiger partial charge on any atom is -0.418 e. The standard InChI is InChI=1S/C24H39P.BF4/c1-2-3-4-25(23-11-17-5-18(12-23)7-19(6-17)13-23)24-14-20-8-21(15-24)10-22(9-20)16-24;2-1(3,4)5/h17-22H,2-16H2,1H3;/q;-1/p+1. The van der Waals surface area contributed by atoms with Gasteiger partial charge in [0.05, 0.1) is 16.5 Å². The molecule has 0 heterocycles. The molecule has 0 aliphatic heterocycles. The van der Waals surface area contributed by atoms with Crippen LogP contribution in [0.25, 0.3) is 0 Å². The van der Waals surface area contributed by atoms with Gasteiger partial charge in [-0.3, -0.25) is 0 Å². The SMILES string of the molecule is CCCC[PH+](C12CC3CC(CC(C3)C1)C2)C12CC3CC(CC(C3)C1)C2.F[B-](F)(F)F. The van der Waals surface area contributed by atoms with Gasteiger partial charge in [0.25, 0.3) is 0 Å². The van der Waals surface area contributed by atoms with Crippen LogP contribution in [-0.4, -0.2) is 23.7 Å². The molecule has 30 heavy (non-hydrogen) atoms. The molecule has 8 fully saturated rings. The van der Waals surface area contributed by atoms with E-state index in [0.717, 1.165) is 10.3 Å². The van der Waals surface area contributed by atoms with E-state index in [9.17, 15) is 17.3 Å². The van der Waals surface area contributed by atoms with Crippen LogP contribution in [0.4, 0.5) is 17.3 Å². The number of rotatable bonds is 5. The van der Waals surface area contributed by atoms with Gasteiger partial charge in [-0.1, -0.05) is 13.3 Å². The highest BCUT2D eigenvalue weighted by molar-refractivity contribution is 7.61. The topological polar surface area (TPSA) is 0 Å². The lowest BCUT2D eigenvalue weighted by molar-refractivity contribution is 0.0185. The van der Waals surface area contributed by atoms with Crippen LogP contribution in [0.3, 0.4) is 0 Å². The van der Waals surface area contributed by atoms with Crippen LogP contribution >= 0.6 is 7.92 Å². The molecule has 0 aromatic carbocycles. The van der Waals surface area contributed by atoms with Gasteiger partial charge in [-0.2, -0.15) is 0 Å². The summed E-state index contributed by atoms with van der Waals surface area (Å²) in [4.78, 5) is 0. The minimum absolute atomic E-state index is 0.196. The van der Waals surface area contributed by atoms with E-state index in [4.69, 9.17) is 0 Å². The van der Waals surface area contributed by atoms with Gasteiger partial charge in [0.1, 0.15) is 0 Å². The van der Waals surface area contributed by atoms with Crippen LogP contribution in [0.5, 0.6) is 0 Å². The predicted molar refractivity (Wildman–Crippen MR) is 120 cm³/mol. The molecule has 6 heteroatoms. The monoisotopic (exact) mass is 446 g/mol. The maximum absolute atomic E-state index is 9.75. The molecular formula is C24H40BF4P. The third-order valence-corrected chi connectivity index (χ3v) is 14.8. The van der Waals surface area contributed by atoms with E-state index >= 15 is 0 Å². The van der Waals surface area contributed by atoms with Gasteiger partial charge in [0, 0.05) is 7.92 Å². The Kier molecular flexibility index (Phi) is 5.81. The summed E-state index contributed by atoms with van der Waals surface area (Å²) < 4.78 is 39.0. The lowest BCUT2D eigenvalue weighted by atomic mass is 9.55. The van der Waals surface area contributed by atoms with E-state index in [0.29, 0.717) is 0 Å². The van der Waals surface area contributed by atoms with Gasteiger partial charge in [0.15, 0.2) is 0 Å². The maximum Gasteiger partial charge on any atom is 0.673 e. The van der Waals surface area contributed by atoms with E-state index in [1.54, 1.807) is 89.6 Å². The van der Waals surface area contributed by atoms with Crippen molar-refractivity contribution in [3.8, 4) is 0 Å². The average molecular weight is 446 g/mol. The average Bonchev–Trinajstić information content (AvgIpc) is 2.57. The molecule has 8 rings (SSSR count). The second kappa shape index (κ2) is 7.91. The van der Waals surface area contributed by atoms with E-state index in [-0.39, 0.29) is 7.92 Å². The largest absolute Gasteiger partial charge is 0.673 e. The van der Waals surface area contributed by atoms with E-state index < -0.39 is 7.25 Å². The van der Waals surface area contributed by atoms with Gasteiger partial charge >= 0.3 is 7.25 Å².